The quantitative estimate of drug-likeness (QED) is 0.530. The number of carbonyl (C=O) groups is 2. The molecule has 0 unspecified atom stereocenters. The summed E-state index contributed by atoms with van der Waals surface area (Å²) >= 11 is 1.46. The Bertz CT molecular complexity index is 832. The standard InChI is InChI=1S/C23H27NO3S/c1-3-21(18-9-7-16(2)8-10-18)24-22(25)14-27-23(26)15-28-20-12-11-17-5-4-6-19(17)13-20/h7-13,21H,3-6,14-15H2,1-2H3,(H,24,25)/t21-/m0/s1. The molecule has 4 nitrogen and oxygen atoms in total. The zero-order valence-electron chi connectivity index (χ0n) is 16.5. The van der Waals surface area contributed by atoms with E-state index in [1.165, 1.54) is 34.9 Å². The Hall–Kier alpha value is -2.27. The summed E-state index contributed by atoms with van der Waals surface area (Å²) in [4.78, 5) is 25.2. The maximum Gasteiger partial charge on any atom is 0.316 e. The topological polar surface area (TPSA) is 55.4 Å². The second kappa shape index (κ2) is 9.78. The third kappa shape index (κ3) is 5.61. The first-order valence-electron chi connectivity index (χ1n) is 9.81. The Balaban J connectivity index is 1.42. The lowest BCUT2D eigenvalue weighted by molar-refractivity contribution is -0.146. The third-order valence-electron chi connectivity index (χ3n) is 5.01. The number of aryl methyl sites for hydroxylation is 3. The minimum atomic E-state index is -0.371. The summed E-state index contributed by atoms with van der Waals surface area (Å²) < 4.78 is 5.15. The predicted molar refractivity (Wildman–Crippen MR) is 113 cm³/mol. The molecule has 1 aliphatic carbocycles. The van der Waals surface area contributed by atoms with Gasteiger partial charge in [-0.05, 0) is 61.4 Å². The van der Waals surface area contributed by atoms with Crippen molar-refractivity contribution in [3.05, 3.63) is 64.7 Å². The van der Waals surface area contributed by atoms with Gasteiger partial charge in [0.2, 0.25) is 0 Å². The molecule has 148 valence electrons. The van der Waals surface area contributed by atoms with Gasteiger partial charge in [-0.3, -0.25) is 9.59 Å². The number of benzene rings is 2. The van der Waals surface area contributed by atoms with E-state index in [1.54, 1.807) is 0 Å². The zero-order chi connectivity index (χ0) is 19.9. The molecule has 0 aromatic heterocycles. The fourth-order valence-electron chi connectivity index (χ4n) is 3.42. The van der Waals surface area contributed by atoms with Gasteiger partial charge in [-0.15, -0.1) is 11.8 Å². The van der Waals surface area contributed by atoms with E-state index in [1.807, 2.05) is 38.1 Å². The van der Waals surface area contributed by atoms with Crippen LogP contribution >= 0.6 is 11.8 Å². The summed E-state index contributed by atoms with van der Waals surface area (Å²) in [7, 11) is 0. The van der Waals surface area contributed by atoms with Crippen molar-refractivity contribution in [3.63, 3.8) is 0 Å². The largest absolute Gasteiger partial charge is 0.455 e. The smallest absolute Gasteiger partial charge is 0.316 e. The van der Waals surface area contributed by atoms with Crippen LogP contribution in [0.25, 0.3) is 0 Å². The molecule has 1 aliphatic rings. The molecular weight excluding hydrogens is 370 g/mol. The molecule has 1 atom stereocenters. The Morgan fingerprint density at radius 2 is 1.86 bits per heavy atom. The first kappa shape index (κ1) is 20.5. The first-order valence-corrected chi connectivity index (χ1v) is 10.8. The van der Waals surface area contributed by atoms with Crippen molar-refractivity contribution in [1.29, 1.82) is 0 Å². The molecule has 0 saturated heterocycles. The summed E-state index contributed by atoms with van der Waals surface area (Å²) in [5.74, 6) is -0.436. The van der Waals surface area contributed by atoms with Crippen molar-refractivity contribution >= 4 is 23.6 Å². The highest BCUT2D eigenvalue weighted by molar-refractivity contribution is 8.00. The molecule has 0 radical (unpaired) electrons. The van der Waals surface area contributed by atoms with Crippen molar-refractivity contribution in [3.8, 4) is 0 Å². The van der Waals surface area contributed by atoms with Gasteiger partial charge in [0.05, 0.1) is 11.8 Å². The van der Waals surface area contributed by atoms with E-state index in [4.69, 9.17) is 4.74 Å². The van der Waals surface area contributed by atoms with Crippen LogP contribution in [0.15, 0.2) is 47.4 Å². The van der Waals surface area contributed by atoms with E-state index >= 15 is 0 Å². The average Bonchev–Trinajstić information content (AvgIpc) is 3.17. The van der Waals surface area contributed by atoms with Gasteiger partial charge < -0.3 is 10.1 Å². The monoisotopic (exact) mass is 397 g/mol. The number of carbonyl (C=O) groups excluding carboxylic acids is 2. The molecule has 28 heavy (non-hydrogen) atoms. The second-order valence-electron chi connectivity index (χ2n) is 7.17. The highest BCUT2D eigenvalue weighted by Gasteiger charge is 2.15. The van der Waals surface area contributed by atoms with Gasteiger partial charge in [-0.25, -0.2) is 0 Å². The van der Waals surface area contributed by atoms with E-state index in [0.717, 1.165) is 29.7 Å². The number of hydrogen-bond acceptors (Lipinski definition) is 4. The Morgan fingerprint density at radius 1 is 1.11 bits per heavy atom. The fourth-order valence-corrected chi connectivity index (χ4v) is 4.18. The van der Waals surface area contributed by atoms with Gasteiger partial charge in [-0.1, -0.05) is 42.8 Å². The number of fused-ring (bicyclic) bond motifs is 1. The van der Waals surface area contributed by atoms with E-state index in [0.29, 0.717) is 0 Å². The fraction of sp³-hybridized carbons (Fsp3) is 0.391. The number of thioether (sulfide) groups is 1. The van der Waals surface area contributed by atoms with Crippen LogP contribution in [0.4, 0.5) is 0 Å². The van der Waals surface area contributed by atoms with Crippen LogP contribution in [0.1, 0.15) is 48.1 Å². The van der Waals surface area contributed by atoms with E-state index in [9.17, 15) is 9.59 Å². The highest BCUT2D eigenvalue weighted by atomic mass is 32.2. The Morgan fingerprint density at radius 3 is 2.61 bits per heavy atom. The van der Waals surface area contributed by atoms with Crippen molar-refractivity contribution in [1.82, 2.24) is 5.32 Å². The molecule has 2 aromatic rings. The lowest BCUT2D eigenvalue weighted by Crippen LogP contribution is -2.32. The van der Waals surface area contributed by atoms with Crippen LogP contribution in [-0.2, 0) is 27.2 Å². The molecule has 0 bridgehead atoms. The SMILES string of the molecule is CC[C@H](NC(=O)COC(=O)CSc1ccc2c(c1)CCC2)c1ccc(C)cc1. The lowest BCUT2D eigenvalue weighted by Gasteiger charge is -2.17. The first-order chi connectivity index (χ1) is 13.5. The van der Waals surface area contributed by atoms with Crippen LogP contribution in [0.3, 0.4) is 0 Å². The molecule has 2 aromatic carbocycles. The van der Waals surface area contributed by atoms with Crippen LogP contribution < -0.4 is 5.32 Å². The molecule has 0 fully saturated rings. The molecule has 0 aliphatic heterocycles. The number of ether oxygens (including phenoxy) is 1. The lowest BCUT2D eigenvalue weighted by atomic mass is 10.0. The molecule has 1 amide bonds. The van der Waals surface area contributed by atoms with Crippen LogP contribution in [0.5, 0.6) is 0 Å². The maximum absolute atomic E-state index is 12.2. The third-order valence-corrected chi connectivity index (χ3v) is 5.98. The number of amides is 1. The minimum Gasteiger partial charge on any atom is -0.455 e. The van der Waals surface area contributed by atoms with Crippen molar-refractivity contribution < 1.29 is 14.3 Å². The number of nitrogens with one attached hydrogen (secondary N) is 1. The Labute approximate surface area is 171 Å². The van der Waals surface area contributed by atoms with Gasteiger partial charge in [0.1, 0.15) is 0 Å². The minimum absolute atomic E-state index is 0.0763. The average molecular weight is 398 g/mol. The number of hydrogen-bond donors (Lipinski definition) is 1. The van der Waals surface area contributed by atoms with Gasteiger partial charge in [0.15, 0.2) is 6.61 Å². The summed E-state index contributed by atoms with van der Waals surface area (Å²) in [5.41, 5.74) is 5.04. The summed E-state index contributed by atoms with van der Waals surface area (Å²) in [5, 5.41) is 2.94. The van der Waals surface area contributed by atoms with E-state index in [-0.39, 0.29) is 30.3 Å². The van der Waals surface area contributed by atoms with Gasteiger partial charge in [0.25, 0.3) is 5.91 Å². The molecule has 0 heterocycles. The summed E-state index contributed by atoms with van der Waals surface area (Å²) in [6.45, 7) is 3.81. The van der Waals surface area contributed by atoms with E-state index < -0.39 is 0 Å². The summed E-state index contributed by atoms with van der Waals surface area (Å²) in [6, 6.07) is 14.4. The highest BCUT2D eigenvalue weighted by Crippen LogP contribution is 2.27. The molecule has 1 N–H and O–H groups in total. The zero-order valence-corrected chi connectivity index (χ0v) is 17.3. The number of rotatable bonds is 8. The second-order valence-corrected chi connectivity index (χ2v) is 8.22. The van der Waals surface area contributed by atoms with Gasteiger partial charge >= 0.3 is 5.97 Å². The van der Waals surface area contributed by atoms with Crippen molar-refractivity contribution in [2.45, 2.75) is 50.5 Å². The van der Waals surface area contributed by atoms with Gasteiger partial charge in [-0.2, -0.15) is 0 Å². The maximum atomic E-state index is 12.2. The van der Waals surface area contributed by atoms with Crippen molar-refractivity contribution in [2.75, 3.05) is 12.4 Å². The molecule has 5 heteroatoms. The van der Waals surface area contributed by atoms with Crippen LogP contribution in [0, 0.1) is 6.92 Å². The molecule has 0 saturated carbocycles. The van der Waals surface area contributed by atoms with Crippen LogP contribution in [-0.4, -0.2) is 24.2 Å². The van der Waals surface area contributed by atoms with Crippen molar-refractivity contribution in [2.24, 2.45) is 0 Å². The molecule has 0 spiro atoms. The molecular formula is C23H27NO3S. The summed E-state index contributed by atoms with van der Waals surface area (Å²) in [6.07, 6.45) is 4.26. The molecule has 3 rings (SSSR count). The Kier molecular flexibility index (Phi) is 7.15. The normalized spacial score (nSPS) is 13.6. The number of esters is 1. The van der Waals surface area contributed by atoms with Crippen LogP contribution in [0.2, 0.25) is 0 Å². The van der Waals surface area contributed by atoms with Gasteiger partial charge in [0, 0.05) is 4.90 Å². The van der Waals surface area contributed by atoms with E-state index in [2.05, 4.69) is 23.5 Å². The predicted octanol–water partition coefficient (Wildman–Crippen LogP) is 4.39.